The number of benzene rings is 1. The first-order chi connectivity index (χ1) is 13.1. The average Bonchev–Trinajstić information content (AvgIpc) is 2.69. The molecular weight excluding hydrogens is 469 g/mol. The second-order valence-corrected chi connectivity index (χ2v) is 6.89. The zero-order chi connectivity index (χ0) is 19.5. The second-order valence-electron chi connectivity index (χ2n) is 6.89. The first-order valence-electron chi connectivity index (χ1n) is 9.69. The summed E-state index contributed by atoms with van der Waals surface area (Å²) in [5.74, 6) is 0.696. The van der Waals surface area contributed by atoms with Gasteiger partial charge in [-0.25, -0.2) is 4.99 Å². The zero-order valence-electron chi connectivity index (χ0n) is 17.2. The molecule has 2 N–H and O–H groups in total. The first kappa shape index (κ1) is 24.6. The average molecular weight is 503 g/mol. The van der Waals surface area contributed by atoms with Crippen LogP contribution in [0.15, 0.2) is 29.3 Å². The molecule has 28 heavy (non-hydrogen) atoms. The van der Waals surface area contributed by atoms with Crippen LogP contribution in [0.3, 0.4) is 0 Å². The van der Waals surface area contributed by atoms with Gasteiger partial charge in [0.05, 0.1) is 26.3 Å². The van der Waals surface area contributed by atoms with Gasteiger partial charge >= 0.3 is 0 Å². The van der Waals surface area contributed by atoms with Crippen molar-refractivity contribution in [2.24, 2.45) is 4.99 Å². The molecule has 1 aromatic carbocycles. The molecule has 2 rings (SSSR count). The Hall–Kier alpha value is -1.39. The number of morpholine rings is 1. The summed E-state index contributed by atoms with van der Waals surface area (Å²) in [5, 5.41) is 6.40. The fourth-order valence-corrected chi connectivity index (χ4v) is 2.77. The Morgan fingerprint density at radius 2 is 1.86 bits per heavy atom. The first-order valence-corrected chi connectivity index (χ1v) is 9.69. The van der Waals surface area contributed by atoms with Crippen LogP contribution in [0.4, 0.5) is 0 Å². The summed E-state index contributed by atoms with van der Waals surface area (Å²) in [4.78, 5) is 20.5. The zero-order valence-corrected chi connectivity index (χ0v) is 19.6. The van der Waals surface area contributed by atoms with E-state index in [1.165, 1.54) is 11.1 Å². The van der Waals surface area contributed by atoms with Crippen molar-refractivity contribution >= 4 is 35.8 Å². The molecule has 8 heteroatoms. The molecule has 0 aliphatic carbocycles. The molecule has 0 saturated carbocycles. The van der Waals surface area contributed by atoms with Gasteiger partial charge in [0.25, 0.3) is 0 Å². The van der Waals surface area contributed by atoms with Crippen LogP contribution >= 0.6 is 24.0 Å². The van der Waals surface area contributed by atoms with Gasteiger partial charge in [0.15, 0.2) is 5.96 Å². The van der Waals surface area contributed by atoms with Crippen LogP contribution in [-0.4, -0.2) is 75.2 Å². The molecule has 1 aliphatic rings. The van der Waals surface area contributed by atoms with Gasteiger partial charge in [-0.3, -0.25) is 9.69 Å². The third kappa shape index (κ3) is 8.74. The predicted octanol–water partition coefficient (Wildman–Crippen LogP) is 1.67. The van der Waals surface area contributed by atoms with Gasteiger partial charge in [-0.05, 0) is 17.5 Å². The fourth-order valence-electron chi connectivity index (χ4n) is 2.77. The monoisotopic (exact) mass is 503 g/mol. The number of halogens is 1. The lowest BCUT2D eigenvalue weighted by Crippen LogP contribution is -2.43. The lowest BCUT2D eigenvalue weighted by Gasteiger charge is -2.27. The van der Waals surface area contributed by atoms with Crippen molar-refractivity contribution < 1.29 is 9.53 Å². The summed E-state index contributed by atoms with van der Waals surface area (Å²) in [5.41, 5.74) is 2.50. The normalized spacial score (nSPS) is 14.9. The smallest absolute Gasteiger partial charge is 0.241 e. The number of carbonyl (C=O) groups is 1. The van der Waals surface area contributed by atoms with Crippen molar-refractivity contribution in [1.29, 1.82) is 0 Å². The quantitative estimate of drug-likeness (QED) is 0.321. The number of nitrogens with one attached hydrogen (secondary N) is 2. The number of likely N-dealkylation sites (N-methyl/N-ethyl adjacent to an activating group) is 1. The van der Waals surface area contributed by atoms with Crippen LogP contribution in [0.25, 0.3) is 0 Å². The molecule has 1 heterocycles. The SMILES string of the molecule is CCCNC(=NCc1ccccc1CN1CCOCC1)NCC(=O)N(C)C.I. The Balaban J connectivity index is 0.00000392. The standard InChI is InChI=1S/C20H33N5O2.HI/c1-4-9-21-20(23-15-19(26)24(2)3)22-14-17-7-5-6-8-18(17)16-25-10-12-27-13-11-25;/h5-8H,4,9-16H2,1-3H3,(H2,21,22,23);1H. The van der Waals surface area contributed by atoms with Crippen LogP contribution in [0.1, 0.15) is 24.5 Å². The van der Waals surface area contributed by atoms with Crippen molar-refractivity contribution in [3.63, 3.8) is 0 Å². The van der Waals surface area contributed by atoms with E-state index in [2.05, 4.69) is 46.7 Å². The van der Waals surface area contributed by atoms with Crippen LogP contribution < -0.4 is 10.6 Å². The van der Waals surface area contributed by atoms with E-state index in [0.29, 0.717) is 12.5 Å². The molecule has 1 saturated heterocycles. The van der Waals surface area contributed by atoms with Gasteiger partial charge in [-0.15, -0.1) is 24.0 Å². The topological polar surface area (TPSA) is 69.2 Å². The van der Waals surface area contributed by atoms with Crippen molar-refractivity contribution in [3.05, 3.63) is 35.4 Å². The maximum Gasteiger partial charge on any atom is 0.241 e. The lowest BCUT2D eigenvalue weighted by molar-refractivity contribution is -0.127. The molecule has 7 nitrogen and oxygen atoms in total. The van der Waals surface area contributed by atoms with Gasteiger partial charge in [-0.2, -0.15) is 0 Å². The van der Waals surface area contributed by atoms with Crippen LogP contribution in [-0.2, 0) is 22.6 Å². The Bertz CT molecular complexity index is 618. The highest BCUT2D eigenvalue weighted by atomic mass is 127. The van der Waals surface area contributed by atoms with Crippen molar-refractivity contribution in [2.45, 2.75) is 26.4 Å². The number of amides is 1. The lowest BCUT2D eigenvalue weighted by atomic mass is 10.1. The van der Waals surface area contributed by atoms with E-state index in [4.69, 9.17) is 9.73 Å². The number of hydrogen-bond donors (Lipinski definition) is 2. The summed E-state index contributed by atoms with van der Waals surface area (Å²) >= 11 is 0. The van der Waals surface area contributed by atoms with Crippen LogP contribution in [0, 0.1) is 0 Å². The van der Waals surface area contributed by atoms with E-state index in [-0.39, 0.29) is 36.4 Å². The fraction of sp³-hybridized carbons (Fsp3) is 0.600. The van der Waals surface area contributed by atoms with E-state index in [1.807, 2.05) is 0 Å². The third-order valence-corrected chi connectivity index (χ3v) is 4.47. The molecular formula is C20H34IN5O2. The van der Waals surface area contributed by atoms with E-state index in [0.717, 1.165) is 45.8 Å². The Labute approximate surface area is 185 Å². The van der Waals surface area contributed by atoms with Crippen molar-refractivity contribution in [3.8, 4) is 0 Å². The molecule has 0 atom stereocenters. The maximum absolute atomic E-state index is 11.8. The second kappa shape index (κ2) is 13.7. The highest BCUT2D eigenvalue weighted by molar-refractivity contribution is 14.0. The highest BCUT2D eigenvalue weighted by Crippen LogP contribution is 2.14. The van der Waals surface area contributed by atoms with Crippen LogP contribution in [0.5, 0.6) is 0 Å². The molecule has 158 valence electrons. The van der Waals surface area contributed by atoms with E-state index < -0.39 is 0 Å². The molecule has 1 aromatic rings. The molecule has 0 unspecified atom stereocenters. The number of hydrogen-bond acceptors (Lipinski definition) is 4. The number of carbonyl (C=O) groups excluding carboxylic acids is 1. The summed E-state index contributed by atoms with van der Waals surface area (Å²) in [6, 6.07) is 8.42. The third-order valence-electron chi connectivity index (χ3n) is 4.47. The number of nitrogens with zero attached hydrogens (tertiary/aromatic N) is 3. The number of guanidine groups is 1. The molecule has 1 aliphatic heterocycles. The minimum atomic E-state index is 0. The minimum Gasteiger partial charge on any atom is -0.379 e. The Morgan fingerprint density at radius 1 is 1.18 bits per heavy atom. The summed E-state index contributed by atoms with van der Waals surface area (Å²) in [6.45, 7) is 8.19. The number of rotatable bonds is 8. The van der Waals surface area contributed by atoms with Gasteiger partial charge in [0.2, 0.25) is 5.91 Å². The number of ether oxygens (including phenoxy) is 1. The van der Waals surface area contributed by atoms with Crippen molar-refractivity contribution in [1.82, 2.24) is 20.4 Å². The maximum atomic E-state index is 11.8. The van der Waals surface area contributed by atoms with Gasteiger partial charge in [0, 0.05) is 40.3 Å². The van der Waals surface area contributed by atoms with Crippen LogP contribution in [0.2, 0.25) is 0 Å². The molecule has 0 radical (unpaired) electrons. The van der Waals surface area contributed by atoms with E-state index >= 15 is 0 Å². The summed E-state index contributed by atoms with van der Waals surface area (Å²) in [7, 11) is 3.50. The molecule has 0 spiro atoms. The summed E-state index contributed by atoms with van der Waals surface area (Å²) < 4.78 is 5.44. The molecule has 1 fully saturated rings. The molecule has 0 bridgehead atoms. The summed E-state index contributed by atoms with van der Waals surface area (Å²) in [6.07, 6.45) is 0.996. The van der Waals surface area contributed by atoms with Gasteiger partial charge in [0.1, 0.15) is 0 Å². The number of aliphatic imine (C=N–C) groups is 1. The minimum absolute atomic E-state index is 0. The Kier molecular flexibility index (Phi) is 12.1. The van der Waals surface area contributed by atoms with Gasteiger partial charge in [-0.1, -0.05) is 31.2 Å². The van der Waals surface area contributed by atoms with E-state index in [9.17, 15) is 4.79 Å². The van der Waals surface area contributed by atoms with Gasteiger partial charge < -0.3 is 20.3 Å². The highest BCUT2D eigenvalue weighted by Gasteiger charge is 2.13. The molecule has 0 aromatic heterocycles. The van der Waals surface area contributed by atoms with Crippen molar-refractivity contribution in [2.75, 3.05) is 53.5 Å². The molecule has 1 amide bonds. The largest absolute Gasteiger partial charge is 0.379 e. The van der Waals surface area contributed by atoms with E-state index in [1.54, 1.807) is 19.0 Å². The predicted molar refractivity (Wildman–Crippen MR) is 124 cm³/mol. The Morgan fingerprint density at radius 3 is 2.50 bits per heavy atom.